The highest BCUT2D eigenvalue weighted by atomic mass is 32.1. The molecule has 2 heterocycles. The van der Waals surface area contributed by atoms with Crippen molar-refractivity contribution in [2.24, 2.45) is 5.92 Å². The predicted octanol–water partition coefficient (Wildman–Crippen LogP) is 3.35. The Kier molecular flexibility index (Phi) is 4.14. The molecule has 0 spiro atoms. The van der Waals surface area contributed by atoms with Crippen LogP contribution in [0.15, 0.2) is 41.8 Å². The fourth-order valence-electron chi connectivity index (χ4n) is 2.59. The van der Waals surface area contributed by atoms with Crippen LogP contribution in [0.1, 0.15) is 12.8 Å². The van der Waals surface area contributed by atoms with Gasteiger partial charge < -0.3 is 10.6 Å². The molecule has 1 aromatic carbocycles. The SMILES string of the molecule is O=C(CC1CCNC1)Nc1ccccc1-c1cccs1. The van der Waals surface area contributed by atoms with Crippen molar-refractivity contribution < 1.29 is 4.79 Å². The minimum Gasteiger partial charge on any atom is -0.325 e. The zero-order chi connectivity index (χ0) is 13.8. The van der Waals surface area contributed by atoms with Gasteiger partial charge in [0.15, 0.2) is 0 Å². The lowest BCUT2D eigenvalue weighted by atomic mass is 10.0. The lowest BCUT2D eigenvalue weighted by Gasteiger charge is -2.12. The fourth-order valence-corrected chi connectivity index (χ4v) is 3.36. The molecule has 20 heavy (non-hydrogen) atoms. The van der Waals surface area contributed by atoms with Crippen LogP contribution in [-0.4, -0.2) is 19.0 Å². The monoisotopic (exact) mass is 286 g/mol. The fraction of sp³-hybridized carbons (Fsp3) is 0.312. The Labute approximate surface area is 123 Å². The van der Waals surface area contributed by atoms with Gasteiger partial charge in [-0.05, 0) is 42.9 Å². The van der Waals surface area contributed by atoms with Gasteiger partial charge in [-0.15, -0.1) is 11.3 Å². The maximum absolute atomic E-state index is 12.2. The van der Waals surface area contributed by atoms with Crippen molar-refractivity contribution in [3.8, 4) is 10.4 Å². The third-order valence-corrected chi connectivity index (χ3v) is 4.53. The Morgan fingerprint density at radius 2 is 2.20 bits per heavy atom. The topological polar surface area (TPSA) is 41.1 Å². The van der Waals surface area contributed by atoms with E-state index in [2.05, 4.69) is 28.1 Å². The van der Waals surface area contributed by atoms with Gasteiger partial charge in [0.2, 0.25) is 5.91 Å². The third kappa shape index (κ3) is 3.08. The zero-order valence-corrected chi connectivity index (χ0v) is 12.1. The van der Waals surface area contributed by atoms with Gasteiger partial charge in [0, 0.05) is 22.5 Å². The molecule has 1 aromatic heterocycles. The Bertz CT molecular complexity index is 574. The summed E-state index contributed by atoms with van der Waals surface area (Å²) in [5.41, 5.74) is 2.01. The molecule has 1 saturated heterocycles. The van der Waals surface area contributed by atoms with Crippen LogP contribution >= 0.6 is 11.3 Å². The van der Waals surface area contributed by atoms with Crippen molar-refractivity contribution in [3.63, 3.8) is 0 Å². The summed E-state index contributed by atoms with van der Waals surface area (Å²) in [6, 6.07) is 12.1. The van der Waals surface area contributed by atoms with Crippen LogP contribution in [0, 0.1) is 5.92 Å². The van der Waals surface area contributed by atoms with E-state index < -0.39 is 0 Å². The molecular weight excluding hydrogens is 268 g/mol. The summed E-state index contributed by atoms with van der Waals surface area (Å²) >= 11 is 1.69. The number of amides is 1. The van der Waals surface area contributed by atoms with Crippen molar-refractivity contribution in [1.29, 1.82) is 0 Å². The molecule has 1 amide bonds. The average Bonchev–Trinajstić information content (AvgIpc) is 3.11. The molecule has 1 atom stereocenters. The molecule has 4 heteroatoms. The summed E-state index contributed by atoms with van der Waals surface area (Å²) in [6.07, 6.45) is 1.70. The minimum absolute atomic E-state index is 0.114. The van der Waals surface area contributed by atoms with Crippen LogP contribution < -0.4 is 10.6 Å². The number of benzene rings is 1. The summed E-state index contributed by atoms with van der Waals surface area (Å²) in [5.74, 6) is 0.589. The molecule has 1 aliphatic heterocycles. The van der Waals surface area contributed by atoms with Crippen molar-refractivity contribution >= 4 is 22.9 Å². The highest BCUT2D eigenvalue weighted by Crippen LogP contribution is 2.31. The van der Waals surface area contributed by atoms with Gasteiger partial charge in [0.25, 0.3) is 0 Å². The van der Waals surface area contributed by atoms with E-state index in [-0.39, 0.29) is 5.91 Å². The zero-order valence-electron chi connectivity index (χ0n) is 11.3. The highest BCUT2D eigenvalue weighted by molar-refractivity contribution is 7.13. The van der Waals surface area contributed by atoms with Crippen LogP contribution in [0.3, 0.4) is 0 Å². The van der Waals surface area contributed by atoms with E-state index in [1.807, 2.05) is 24.3 Å². The first-order valence-corrected chi connectivity index (χ1v) is 7.84. The average molecular weight is 286 g/mol. The first-order chi connectivity index (χ1) is 9.83. The van der Waals surface area contributed by atoms with E-state index in [1.165, 1.54) is 4.88 Å². The molecule has 0 radical (unpaired) electrons. The summed E-state index contributed by atoms with van der Waals surface area (Å²) in [5, 5.41) is 8.42. The van der Waals surface area contributed by atoms with E-state index in [1.54, 1.807) is 11.3 Å². The molecule has 0 aliphatic carbocycles. The van der Waals surface area contributed by atoms with Gasteiger partial charge in [-0.2, -0.15) is 0 Å². The normalized spacial score (nSPS) is 18.1. The third-order valence-electron chi connectivity index (χ3n) is 3.62. The predicted molar refractivity (Wildman–Crippen MR) is 84.0 cm³/mol. The lowest BCUT2D eigenvalue weighted by Crippen LogP contribution is -2.18. The van der Waals surface area contributed by atoms with Crippen LogP contribution in [0.4, 0.5) is 5.69 Å². The van der Waals surface area contributed by atoms with E-state index in [9.17, 15) is 4.79 Å². The van der Waals surface area contributed by atoms with Crippen molar-refractivity contribution in [3.05, 3.63) is 41.8 Å². The molecule has 1 unspecified atom stereocenters. The van der Waals surface area contributed by atoms with Crippen LogP contribution in [0.25, 0.3) is 10.4 Å². The Morgan fingerprint density at radius 3 is 2.95 bits per heavy atom. The number of para-hydroxylation sites is 1. The number of thiophene rings is 1. The summed E-state index contributed by atoms with van der Waals surface area (Å²) in [4.78, 5) is 13.3. The number of anilines is 1. The smallest absolute Gasteiger partial charge is 0.224 e. The van der Waals surface area contributed by atoms with Gasteiger partial charge in [-0.3, -0.25) is 4.79 Å². The Morgan fingerprint density at radius 1 is 1.30 bits per heavy atom. The molecule has 0 bridgehead atoms. The van der Waals surface area contributed by atoms with Gasteiger partial charge >= 0.3 is 0 Å². The van der Waals surface area contributed by atoms with E-state index >= 15 is 0 Å². The van der Waals surface area contributed by atoms with Crippen molar-refractivity contribution in [1.82, 2.24) is 5.32 Å². The number of carbonyl (C=O) groups excluding carboxylic acids is 1. The molecule has 3 rings (SSSR count). The molecule has 0 saturated carbocycles. The molecule has 2 N–H and O–H groups in total. The second kappa shape index (κ2) is 6.20. The van der Waals surface area contributed by atoms with E-state index in [4.69, 9.17) is 0 Å². The molecule has 1 fully saturated rings. The van der Waals surface area contributed by atoms with E-state index in [0.717, 1.165) is 30.8 Å². The highest BCUT2D eigenvalue weighted by Gasteiger charge is 2.18. The van der Waals surface area contributed by atoms with Crippen molar-refractivity contribution in [2.45, 2.75) is 12.8 Å². The summed E-state index contributed by atoms with van der Waals surface area (Å²) in [7, 11) is 0. The quantitative estimate of drug-likeness (QED) is 0.905. The molecule has 104 valence electrons. The first kappa shape index (κ1) is 13.3. The van der Waals surface area contributed by atoms with Gasteiger partial charge in [0.05, 0.1) is 0 Å². The standard InChI is InChI=1S/C16H18N2OS/c19-16(10-12-7-8-17-11-12)18-14-5-2-1-4-13(14)15-6-3-9-20-15/h1-6,9,12,17H,7-8,10-11H2,(H,18,19). The minimum atomic E-state index is 0.114. The van der Waals surface area contributed by atoms with Crippen molar-refractivity contribution in [2.75, 3.05) is 18.4 Å². The van der Waals surface area contributed by atoms with Gasteiger partial charge in [-0.1, -0.05) is 24.3 Å². The maximum Gasteiger partial charge on any atom is 0.224 e. The number of hydrogen-bond acceptors (Lipinski definition) is 3. The second-order valence-corrected chi connectivity index (χ2v) is 6.08. The second-order valence-electron chi connectivity index (χ2n) is 5.13. The van der Waals surface area contributed by atoms with Gasteiger partial charge in [0.1, 0.15) is 0 Å². The Balaban J connectivity index is 1.72. The number of rotatable bonds is 4. The van der Waals surface area contributed by atoms with Crippen LogP contribution in [0.5, 0.6) is 0 Å². The number of hydrogen-bond donors (Lipinski definition) is 2. The number of carbonyl (C=O) groups is 1. The maximum atomic E-state index is 12.2. The summed E-state index contributed by atoms with van der Waals surface area (Å²) < 4.78 is 0. The largest absolute Gasteiger partial charge is 0.325 e. The molecule has 3 nitrogen and oxygen atoms in total. The Hall–Kier alpha value is -1.65. The van der Waals surface area contributed by atoms with Crippen LogP contribution in [0.2, 0.25) is 0 Å². The lowest BCUT2D eigenvalue weighted by molar-refractivity contribution is -0.116. The van der Waals surface area contributed by atoms with Crippen LogP contribution in [-0.2, 0) is 4.79 Å². The van der Waals surface area contributed by atoms with Gasteiger partial charge in [-0.25, -0.2) is 0 Å². The molecular formula is C16H18N2OS. The van der Waals surface area contributed by atoms with E-state index in [0.29, 0.717) is 12.3 Å². The first-order valence-electron chi connectivity index (χ1n) is 6.96. The molecule has 2 aromatic rings. The molecule has 1 aliphatic rings. The summed E-state index contributed by atoms with van der Waals surface area (Å²) in [6.45, 7) is 1.99. The number of nitrogens with one attached hydrogen (secondary N) is 2.